The first kappa shape index (κ1) is 19.7. The van der Waals surface area contributed by atoms with Crippen molar-refractivity contribution in [3.63, 3.8) is 0 Å². The molecule has 1 aromatic heterocycles. The van der Waals surface area contributed by atoms with Crippen LogP contribution in [0, 0.1) is 0 Å². The molecule has 2 aromatic rings. The summed E-state index contributed by atoms with van der Waals surface area (Å²) >= 11 is 0. The number of carbonyl (C=O) groups is 3. The molecule has 0 saturated carbocycles. The Bertz CT molecular complexity index is 1060. The molecule has 0 radical (unpaired) electrons. The van der Waals surface area contributed by atoms with Crippen LogP contribution in [0.4, 0.5) is 5.82 Å². The van der Waals surface area contributed by atoms with Crippen LogP contribution in [0.25, 0.3) is 11.3 Å². The molecule has 3 aliphatic heterocycles. The van der Waals surface area contributed by atoms with Crippen molar-refractivity contribution in [1.82, 2.24) is 20.1 Å². The molecule has 0 bridgehead atoms. The molecule has 160 valence electrons. The lowest BCUT2D eigenvalue weighted by Gasteiger charge is -2.33. The average molecular weight is 419 g/mol. The number of amides is 3. The summed E-state index contributed by atoms with van der Waals surface area (Å²) in [6.07, 6.45) is 0.622. The molecule has 5 rings (SSSR count). The van der Waals surface area contributed by atoms with Crippen LogP contribution >= 0.6 is 0 Å². The molecule has 2 fully saturated rings. The fraction of sp³-hybridized carbons (Fsp3) is 0.391. The lowest BCUT2D eigenvalue weighted by molar-refractivity contribution is -0.136. The van der Waals surface area contributed by atoms with Crippen LogP contribution in [0.3, 0.4) is 0 Å². The predicted molar refractivity (Wildman–Crippen MR) is 115 cm³/mol. The highest BCUT2D eigenvalue weighted by Gasteiger charge is 2.39. The number of anilines is 1. The summed E-state index contributed by atoms with van der Waals surface area (Å²) in [5.41, 5.74) is 3.32. The highest BCUT2D eigenvalue weighted by Crippen LogP contribution is 2.31. The van der Waals surface area contributed by atoms with Gasteiger partial charge < -0.3 is 14.7 Å². The van der Waals surface area contributed by atoms with Gasteiger partial charge in [0, 0.05) is 50.3 Å². The molecule has 1 unspecified atom stereocenters. The van der Waals surface area contributed by atoms with E-state index in [0.717, 1.165) is 48.8 Å². The number of piperazine rings is 1. The van der Waals surface area contributed by atoms with Crippen LogP contribution < -0.4 is 10.2 Å². The van der Waals surface area contributed by atoms with Crippen molar-refractivity contribution in [2.45, 2.75) is 25.4 Å². The second kappa shape index (κ2) is 7.77. The molecule has 3 amide bonds. The first-order valence-corrected chi connectivity index (χ1v) is 10.7. The Kier molecular flexibility index (Phi) is 4.94. The van der Waals surface area contributed by atoms with Gasteiger partial charge in [-0.05, 0) is 43.3 Å². The van der Waals surface area contributed by atoms with Gasteiger partial charge in [-0.25, -0.2) is 4.98 Å². The van der Waals surface area contributed by atoms with Crippen LogP contribution in [0.1, 0.15) is 28.8 Å². The molecule has 31 heavy (non-hydrogen) atoms. The molecule has 1 aromatic carbocycles. The van der Waals surface area contributed by atoms with Crippen LogP contribution in [0.5, 0.6) is 0 Å². The number of carbonyl (C=O) groups excluding carboxylic acids is 3. The molecule has 0 aliphatic carbocycles. The molecular weight excluding hydrogens is 394 g/mol. The molecule has 1 N–H and O–H groups in total. The smallest absolute Gasteiger partial charge is 0.255 e. The number of benzene rings is 1. The van der Waals surface area contributed by atoms with Crippen molar-refractivity contribution in [2.24, 2.45) is 0 Å². The lowest BCUT2D eigenvalue weighted by Crippen LogP contribution is -2.52. The standard InChI is InChI=1S/C23H25N5O3/c1-26-9-11-27(12-10-26)20-4-2-3-18(24-20)15-5-6-17-16(13-15)14-28(23(17)31)19-7-8-21(29)25-22(19)30/h2-6,13,19H,7-12,14H2,1H3,(H,25,29,30). The minimum absolute atomic E-state index is 0.157. The minimum Gasteiger partial charge on any atom is -0.354 e. The summed E-state index contributed by atoms with van der Waals surface area (Å²) < 4.78 is 0. The Morgan fingerprint density at radius 3 is 2.61 bits per heavy atom. The van der Waals surface area contributed by atoms with Crippen LogP contribution in [0.2, 0.25) is 0 Å². The molecule has 2 saturated heterocycles. The number of rotatable bonds is 3. The Morgan fingerprint density at radius 2 is 1.84 bits per heavy atom. The van der Waals surface area contributed by atoms with Gasteiger partial charge in [0.1, 0.15) is 11.9 Å². The van der Waals surface area contributed by atoms with E-state index in [1.54, 1.807) is 4.90 Å². The topological polar surface area (TPSA) is 85.9 Å². The summed E-state index contributed by atoms with van der Waals surface area (Å²) in [4.78, 5) is 47.6. The van der Waals surface area contributed by atoms with Gasteiger partial charge >= 0.3 is 0 Å². The van der Waals surface area contributed by atoms with Crippen molar-refractivity contribution < 1.29 is 14.4 Å². The quantitative estimate of drug-likeness (QED) is 0.754. The maximum atomic E-state index is 12.9. The summed E-state index contributed by atoms with van der Waals surface area (Å²) in [5, 5.41) is 2.34. The third-order valence-corrected chi connectivity index (χ3v) is 6.38. The number of piperidine rings is 1. The first-order valence-electron chi connectivity index (χ1n) is 10.7. The second-order valence-corrected chi connectivity index (χ2v) is 8.44. The van der Waals surface area contributed by atoms with Crippen molar-refractivity contribution >= 4 is 23.5 Å². The van der Waals surface area contributed by atoms with Gasteiger partial charge in [0.2, 0.25) is 11.8 Å². The van der Waals surface area contributed by atoms with Crippen LogP contribution in [-0.2, 0) is 16.1 Å². The van der Waals surface area contributed by atoms with Gasteiger partial charge in [0.25, 0.3) is 5.91 Å². The van der Waals surface area contributed by atoms with E-state index >= 15 is 0 Å². The largest absolute Gasteiger partial charge is 0.354 e. The Balaban J connectivity index is 1.38. The fourth-order valence-corrected chi connectivity index (χ4v) is 4.53. The van der Waals surface area contributed by atoms with Crippen molar-refractivity contribution in [1.29, 1.82) is 0 Å². The molecule has 3 aliphatic rings. The molecule has 0 spiro atoms. The van der Waals surface area contributed by atoms with E-state index in [9.17, 15) is 14.4 Å². The number of imide groups is 1. The van der Waals surface area contributed by atoms with Gasteiger partial charge in [-0.3, -0.25) is 19.7 Å². The van der Waals surface area contributed by atoms with E-state index < -0.39 is 6.04 Å². The lowest BCUT2D eigenvalue weighted by atomic mass is 10.0. The van der Waals surface area contributed by atoms with E-state index in [4.69, 9.17) is 4.98 Å². The Morgan fingerprint density at radius 1 is 1.03 bits per heavy atom. The third-order valence-electron chi connectivity index (χ3n) is 6.38. The molecular formula is C23H25N5O3. The zero-order valence-electron chi connectivity index (χ0n) is 17.5. The number of likely N-dealkylation sites (N-methyl/N-ethyl adjacent to an activating group) is 1. The highest BCUT2D eigenvalue weighted by atomic mass is 16.2. The van der Waals surface area contributed by atoms with Gasteiger partial charge in [0.15, 0.2) is 0 Å². The van der Waals surface area contributed by atoms with E-state index in [1.807, 2.05) is 36.4 Å². The normalized spacial score (nSPS) is 22.0. The zero-order chi connectivity index (χ0) is 21.5. The molecule has 8 heteroatoms. The highest BCUT2D eigenvalue weighted by molar-refractivity contribution is 6.05. The van der Waals surface area contributed by atoms with Crippen molar-refractivity contribution in [3.05, 3.63) is 47.5 Å². The van der Waals surface area contributed by atoms with E-state index in [1.165, 1.54) is 0 Å². The summed E-state index contributed by atoms with van der Waals surface area (Å²) in [5.74, 6) is 0.140. The summed E-state index contributed by atoms with van der Waals surface area (Å²) in [7, 11) is 2.13. The molecule has 1 atom stereocenters. The number of nitrogens with zero attached hydrogens (tertiary/aromatic N) is 4. The van der Waals surface area contributed by atoms with Gasteiger partial charge in [0.05, 0.1) is 5.69 Å². The third kappa shape index (κ3) is 3.67. The first-order chi connectivity index (χ1) is 15.0. The second-order valence-electron chi connectivity index (χ2n) is 8.44. The van der Waals surface area contributed by atoms with Crippen LogP contribution in [-0.4, -0.2) is 71.8 Å². The maximum Gasteiger partial charge on any atom is 0.255 e. The van der Waals surface area contributed by atoms with E-state index in [2.05, 4.69) is 22.2 Å². The maximum absolute atomic E-state index is 12.9. The number of pyridine rings is 1. The molecule has 4 heterocycles. The summed E-state index contributed by atoms with van der Waals surface area (Å²) in [6, 6.07) is 11.2. The Hall–Kier alpha value is -3.26. The number of hydrogen-bond acceptors (Lipinski definition) is 6. The number of fused-ring (bicyclic) bond motifs is 1. The van der Waals surface area contributed by atoms with E-state index in [0.29, 0.717) is 18.5 Å². The number of aromatic nitrogens is 1. The van der Waals surface area contributed by atoms with Crippen molar-refractivity contribution in [2.75, 3.05) is 38.1 Å². The van der Waals surface area contributed by atoms with Gasteiger partial charge in [-0.15, -0.1) is 0 Å². The van der Waals surface area contributed by atoms with Gasteiger partial charge in [-0.2, -0.15) is 0 Å². The van der Waals surface area contributed by atoms with Gasteiger partial charge in [-0.1, -0.05) is 12.1 Å². The van der Waals surface area contributed by atoms with Crippen molar-refractivity contribution in [3.8, 4) is 11.3 Å². The summed E-state index contributed by atoms with van der Waals surface area (Å²) in [6.45, 7) is 4.30. The Labute approximate surface area is 180 Å². The molecule has 8 nitrogen and oxygen atoms in total. The number of hydrogen-bond donors (Lipinski definition) is 1. The number of nitrogens with one attached hydrogen (secondary N) is 1. The van der Waals surface area contributed by atoms with E-state index in [-0.39, 0.29) is 24.1 Å². The average Bonchev–Trinajstić information content (AvgIpc) is 3.10. The predicted octanol–water partition coefficient (Wildman–Crippen LogP) is 1.26. The monoisotopic (exact) mass is 419 g/mol. The SMILES string of the molecule is CN1CCN(c2cccc(-c3ccc4c(c3)CN(C3CCC(=O)NC3=O)C4=O)n2)CC1. The zero-order valence-corrected chi connectivity index (χ0v) is 17.5. The minimum atomic E-state index is -0.597. The fourth-order valence-electron chi connectivity index (χ4n) is 4.53. The van der Waals surface area contributed by atoms with Crippen LogP contribution in [0.15, 0.2) is 36.4 Å².